The largest absolute Gasteiger partial charge is 0.492 e. The van der Waals surface area contributed by atoms with E-state index in [1.807, 2.05) is 19.1 Å². The Labute approximate surface area is 197 Å². The number of carboxylic acid groups (broad SMARTS) is 1. The summed E-state index contributed by atoms with van der Waals surface area (Å²) in [5.41, 5.74) is 0.348. The average molecular weight is 481 g/mol. The first-order valence-corrected chi connectivity index (χ1v) is 10.6. The molecule has 2 aromatic carbocycles. The van der Waals surface area contributed by atoms with Crippen LogP contribution in [0.15, 0.2) is 47.5 Å². The number of aliphatic carboxylic acids is 1. The van der Waals surface area contributed by atoms with Gasteiger partial charge in [-0.2, -0.15) is 0 Å². The molecule has 0 aliphatic heterocycles. The molecule has 2 rings (SSSR count). The van der Waals surface area contributed by atoms with Gasteiger partial charge in [-0.05, 0) is 56.7 Å². The average Bonchev–Trinajstić information content (AvgIpc) is 2.73. The fourth-order valence-electron chi connectivity index (χ4n) is 2.39. The topological polar surface area (TPSA) is 112 Å². The van der Waals surface area contributed by atoms with E-state index < -0.39 is 17.4 Å². The van der Waals surface area contributed by atoms with Gasteiger partial charge in [0.25, 0.3) is 0 Å². The van der Waals surface area contributed by atoms with Gasteiger partial charge in [0.1, 0.15) is 5.75 Å². The van der Waals surface area contributed by atoms with Crippen molar-refractivity contribution in [2.75, 3.05) is 18.5 Å². The minimum absolute atomic E-state index is 0.0620. The van der Waals surface area contributed by atoms with Crippen molar-refractivity contribution in [3.05, 3.63) is 58.1 Å². The van der Waals surface area contributed by atoms with Crippen LogP contribution < -0.4 is 20.7 Å². The number of nitrogens with one attached hydrogen (secondary N) is 3. The molecule has 0 saturated carbocycles. The van der Waals surface area contributed by atoms with Crippen molar-refractivity contribution < 1.29 is 19.4 Å². The number of ether oxygens (including phenoxy) is 1. The van der Waals surface area contributed by atoms with Crippen molar-refractivity contribution in [2.24, 2.45) is 10.4 Å². The highest BCUT2D eigenvalue weighted by Crippen LogP contribution is 2.27. The van der Waals surface area contributed by atoms with Crippen molar-refractivity contribution in [3.8, 4) is 5.75 Å². The number of rotatable bonds is 8. The Morgan fingerprint density at radius 3 is 2.41 bits per heavy atom. The maximum atomic E-state index is 12.4. The number of carbonyl (C=O) groups excluding carboxylic acids is 1. The number of aliphatic imine (C=N–C) groups is 1. The Morgan fingerprint density at radius 2 is 1.81 bits per heavy atom. The fourth-order valence-corrected chi connectivity index (χ4v) is 2.75. The summed E-state index contributed by atoms with van der Waals surface area (Å²) < 4.78 is 5.43. The first-order valence-electron chi connectivity index (χ1n) is 9.87. The van der Waals surface area contributed by atoms with Crippen molar-refractivity contribution in [3.63, 3.8) is 0 Å². The predicted octanol–water partition coefficient (Wildman–Crippen LogP) is 4.77. The number of hydrogen-bond donors (Lipinski definition) is 4. The molecule has 172 valence electrons. The molecule has 0 atom stereocenters. The van der Waals surface area contributed by atoms with E-state index in [-0.39, 0.29) is 19.0 Å². The van der Waals surface area contributed by atoms with Crippen LogP contribution in [0.2, 0.25) is 10.0 Å². The van der Waals surface area contributed by atoms with E-state index in [2.05, 4.69) is 20.9 Å². The normalized spacial score (nSPS) is 11.6. The second kappa shape index (κ2) is 11.6. The first-order chi connectivity index (χ1) is 15.1. The molecule has 10 heteroatoms. The number of amides is 2. The number of carbonyl (C=O) groups is 2. The maximum absolute atomic E-state index is 12.4. The smallest absolute Gasteiger partial charge is 0.321 e. The zero-order chi connectivity index (χ0) is 23.7. The highest BCUT2D eigenvalue weighted by Gasteiger charge is 2.27. The van der Waals surface area contributed by atoms with Gasteiger partial charge in [-0.15, -0.1) is 0 Å². The van der Waals surface area contributed by atoms with Crippen LogP contribution in [0.3, 0.4) is 0 Å². The van der Waals surface area contributed by atoms with Crippen LogP contribution in [0, 0.1) is 5.41 Å². The lowest BCUT2D eigenvalue weighted by Crippen LogP contribution is -2.47. The Balaban J connectivity index is 2.15. The van der Waals surface area contributed by atoms with Gasteiger partial charge < -0.3 is 20.5 Å². The third-order valence-corrected chi connectivity index (χ3v) is 4.88. The van der Waals surface area contributed by atoms with Crippen LogP contribution in [0.4, 0.5) is 10.5 Å². The third kappa shape index (κ3) is 7.94. The molecular formula is C22H26Cl2N4O4. The Hall–Kier alpha value is -2.97. The summed E-state index contributed by atoms with van der Waals surface area (Å²) in [6.45, 7) is 5.59. The van der Waals surface area contributed by atoms with Crippen molar-refractivity contribution in [1.29, 1.82) is 0 Å². The third-order valence-electron chi connectivity index (χ3n) is 4.33. The molecule has 2 amide bonds. The van der Waals surface area contributed by atoms with E-state index in [1.54, 1.807) is 30.3 Å². The predicted molar refractivity (Wildman–Crippen MR) is 127 cm³/mol. The lowest BCUT2D eigenvalue weighted by Gasteiger charge is -2.20. The van der Waals surface area contributed by atoms with Gasteiger partial charge in [-0.25, -0.2) is 9.79 Å². The van der Waals surface area contributed by atoms with Gasteiger partial charge in [0.05, 0.1) is 23.6 Å². The van der Waals surface area contributed by atoms with E-state index in [9.17, 15) is 14.7 Å². The number of nitrogens with zero attached hydrogens (tertiary/aromatic N) is 1. The SMILES string of the molecule is CCOc1ccc(NC(=NCc2ccc(Cl)cc2)NC(=O)NCC(C)(C)C(=O)O)cc1Cl. The molecule has 2 aromatic rings. The van der Waals surface area contributed by atoms with Crippen molar-refractivity contribution in [1.82, 2.24) is 10.6 Å². The summed E-state index contributed by atoms with van der Waals surface area (Å²) >= 11 is 12.2. The van der Waals surface area contributed by atoms with Crippen LogP contribution in [-0.4, -0.2) is 36.2 Å². The molecule has 0 spiro atoms. The van der Waals surface area contributed by atoms with Gasteiger partial charge >= 0.3 is 12.0 Å². The van der Waals surface area contributed by atoms with E-state index in [0.29, 0.717) is 28.1 Å². The molecule has 0 bridgehead atoms. The summed E-state index contributed by atoms with van der Waals surface area (Å²) in [5, 5.41) is 18.4. The van der Waals surface area contributed by atoms with E-state index >= 15 is 0 Å². The van der Waals surface area contributed by atoms with Crippen LogP contribution in [0.25, 0.3) is 0 Å². The number of hydrogen-bond acceptors (Lipinski definition) is 4. The quantitative estimate of drug-likeness (QED) is 0.321. The summed E-state index contributed by atoms with van der Waals surface area (Å²) in [6.07, 6.45) is 0. The van der Waals surface area contributed by atoms with Gasteiger partial charge in [-0.1, -0.05) is 35.3 Å². The molecule has 0 fully saturated rings. The lowest BCUT2D eigenvalue weighted by atomic mass is 9.94. The minimum Gasteiger partial charge on any atom is -0.492 e. The van der Waals surface area contributed by atoms with E-state index in [0.717, 1.165) is 5.56 Å². The van der Waals surface area contributed by atoms with Gasteiger partial charge in [0, 0.05) is 17.3 Å². The van der Waals surface area contributed by atoms with E-state index in [1.165, 1.54) is 13.8 Å². The van der Waals surface area contributed by atoms with Crippen LogP contribution in [0.1, 0.15) is 26.3 Å². The Morgan fingerprint density at radius 1 is 1.12 bits per heavy atom. The van der Waals surface area contributed by atoms with Crippen LogP contribution in [0.5, 0.6) is 5.75 Å². The molecular weight excluding hydrogens is 455 g/mol. The number of carboxylic acids is 1. The van der Waals surface area contributed by atoms with Crippen molar-refractivity contribution in [2.45, 2.75) is 27.3 Å². The van der Waals surface area contributed by atoms with Gasteiger partial charge in [0.2, 0.25) is 5.96 Å². The summed E-state index contributed by atoms with van der Waals surface area (Å²) in [4.78, 5) is 28.0. The highest BCUT2D eigenvalue weighted by molar-refractivity contribution is 6.32. The first kappa shape index (κ1) is 25.3. The Bertz CT molecular complexity index is 978. The minimum atomic E-state index is -1.12. The molecule has 0 aliphatic rings. The number of benzene rings is 2. The van der Waals surface area contributed by atoms with E-state index in [4.69, 9.17) is 27.9 Å². The van der Waals surface area contributed by atoms with Crippen LogP contribution in [-0.2, 0) is 11.3 Å². The fraction of sp³-hybridized carbons (Fsp3) is 0.318. The molecule has 0 radical (unpaired) electrons. The lowest BCUT2D eigenvalue weighted by molar-refractivity contribution is -0.146. The number of halogens is 2. The molecule has 0 saturated heterocycles. The maximum Gasteiger partial charge on any atom is 0.321 e. The van der Waals surface area contributed by atoms with Crippen molar-refractivity contribution >= 4 is 46.8 Å². The second-order valence-electron chi connectivity index (χ2n) is 7.49. The summed E-state index contributed by atoms with van der Waals surface area (Å²) in [6, 6.07) is 11.7. The monoisotopic (exact) mass is 480 g/mol. The highest BCUT2D eigenvalue weighted by atomic mass is 35.5. The van der Waals surface area contributed by atoms with Crippen LogP contribution >= 0.6 is 23.2 Å². The molecule has 0 unspecified atom stereocenters. The summed E-state index contributed by atoms with van der Waals surface area (Å²) in [5.74, 6) is -0.316. The zero-order valence-corrected chi connectivity index (χ0v) is 19.5. The summed E-state index contributed by atoms with van der Waals surface area (Å²) in [7, 11) is 0. The second-order valence-corrected chi connectivity index (χ2v) is 8.33. The molecule has 32 heavy (non-hydrogen) atoms. The molecule has 4 N–H and O–H groups in total. The van der Waals surface area contributed by atoms with Gasteiger partial charge in [-0.3, -0.25) is 10.1 Å². The standard InChI is InChI=1S/C22H26Cl2N4O4/c1-4-32-18-10-9-16(11-17(18)24)27-20(25-12-14-5-7-15(23)8-6-14)28-21(31)26-13-22(2,3)19(29)30/h5-11H,4,12-13H2,1-3H3,(H,29,30)(H3,25,26,27,28,31). The molecule has 0 heterocycles. The zero-order valence-electron chi connectivity index (χ0n) is 18.0. The van der Waals surface area contributed by atoms with Gasteiger partial charge in [0.15, 0.2) is 0 Å². The number of anilines is 1. The molecule has 0 aromatic heterocycles. The molecule has 0 aliphatic carbocycles. The number of guanidine groups is 1. The number of urea groups is 1. The Kier molecular flexibility index (Phi) is 9.16. The molecule has 8 nitrogen and oxygen atoms in total.